The van der Waals surface area contributed by atoms with E-state index in [-0.39, 0.29) is 0 Å². The molecule has 0 unspecified atom stereocenters. The molecule has 0 saturated carbocycles. The van der Waals surface area contributed by atoms with Crippen molar-refractivity contribution in [2.24, 2.45) is 7.05 Å². The average molecular weight is 179 g/mol. The minimum Gasteiger partial charge on any atom is -0.357 e. The third-order valence-electron chi connectivity index (χ3n) is 1.62. The molecule has 0 aliphatic heterocycles. The van der Waals surface area contributed by atoms with Crippen LogP contribution < -0.4 is 0 Å². The van der Waals surface area contributed by atoms with Crippen molar-refractivity contribution in [1.29, 1.82) is 0 Å². The first-order valence-electron chi connectivity index (χ1n) is 3.68. The highest BCUT2D eigenvalue weighted by molar-refractivity contribution is 7.05. The molecule has 62 valence electrons. The summed E-state index contributed by atoms with van der Waals surface area (Å²) < 4.78 is 6.21. The first-order valence-corrected chi connectivity index (χ1v) is 4.46. The van der Waals surface area contributed by atoms with Crippen LogP contribution in [0, 0.1) is 6.92 Å². The number of aromatic nitrogens is 3. The highest BCUT2D eigenvalue weighted by Crippen LogP contribution is 2.17. The van der Waals surface area contributed by atoms with Gasteiger partial charge in [-0.1, -0.05) is 0 Å². The van der Waals surface area contributed by atoms with Gasteiger partial charge in [-0.2, -0.15) is 4.37 Å². The van der Waals surface area contributed by atoms with E-state index in [4.69, 9.17) is 0 Å². The molecule has 0 aliphatic carbocycles. The Hall–Kier alpha value is -1.16. The maximum atomic E-state index is 4.29. The third-order valence-corrected chi connectivity index (χ3v) is 2.24. The van der Waals surface area contributed by atoms with E-state index >= 15 is 0 Å². The molecule has 0 amide bonds. The molecule has 0 saturated heterocycles. The van der Waals surface area contributed by atoms with Crippen molar-refractivity contribution in [1.82, 2.24) is 13.9 Å². The normalized spacial score (nSPS) is 10.5. The zero-order chi connectivity index (χ0) is 8.55. The first kappa shape index (κ1) is 7.49. The van der Waals surface area contributed by atoms with Crippen molar-refractivity contribution >= 4 is 11.5 Å². The standard InChI is InChI=1S/C8H9N3S/c1-6-9-8(10-12-6)7-3-4-11(2)5-7/h3-5H,1-2H3. The SMILES string of the molecule is Cc1nc(-c2ccn(C)c2)ns1. The molecule has 2 rings (SSSR count). The second kappa shape index (κ2) is 2.71. The molecule has 0 fully saturated rings. The predicted molar refractivity (Wildman–Crippen MR) is 49.1 cm³/mol. The van der Waals surface area contributed by atoms with Crippen molar-refractivity contribution in [3.8, 4) is 11.4 Å². The summed E-state index contributed by atoms with van der Waals surface area (Å²) in [7, 11) is 1.99. The summed E-state index contributed by atoms with van der Waals surface area (Å²) in [5.41, 5.74) is 1.09. The molecule has 0 N–H and O–H groups in total. The lowest BCUT2D eigenvalue weighted by Gasteiger charge is -1.86. The Bertz CT molecular complexity index is 350. The van der Waals surface area contributed by atoms with Crippen LogP contribution in [-0.4, -0.2) is 13.9 Å². The summed E-state index contributed by atoms with van der Waals surface area (Å²) in [6.45, 7) is 1.96. The fourth-order valence-electron chi connectivity index (χ4n) is 1.05. The predicted octanol–water partition coefficient (Wildman–Crippen LogP) is 1.85. The summed E-state index contributed by atoms with van der Waals surface area (Å²) in [6, 6.07) is 2.02. The van der Waals surface area contributed by atoms with E-state index in [2.05, 4.69) is 9.36 Å². The van der Waals surface area contributed by atoms with E-state index in [9.17, 15) is 0 Å². The number of aryl methyl sites for hydroxylation is 2. The van der Waals surface area contributed by atoms with Gasteiger partial charge in [0.25, 0.3) is 0 Å². The highest BCUT2D eigenvalue weighted by atomic mass is 32.1. The van der Waals surface area contributed by atoms with Crippen LogP contribution in [0.4, 0.5) is 0 Å². The Labute approximate surface area is 74.9 Å². The lowest BCUT2D eigenvalue weighted by molar-refractivity contribution is 0.928. The molecule has 2 heterocycles. The van der Waals surface area contributed by atoms with Gasteiger partial charge in [0, 0.05) is 25.0 Å². The van der Waals surface area contributed by atoms with E-state index < -0.39 is 0 Å². The zero-order valence-corrected chi connectivity index (χ0v) is 7.80. The maximum absolute atomic E-state index is 4.29. The Morgan fingerprint density at radius 1 is 1.50 bits per heavy atom. The number of hydrogen-bond acceptors (Lipinski definition) is 3. The molecule has 2 aromatic heterocycles. The van der Waals surface area contributed by atoms with Gasteiger partial charge in [-0.05, 0) is 24.5 Å². The third kappa shape index (κ3) is 1.25. The van der Waals surface area contributed by atoms with Crippen molar-refractivity contribution < 1.29 is 0 Å². The Morgan fingerprint density at radius 2 is 2.33 bits per heavy atom. The molecule has 0 aliphatic rings. The molecule has 0 radical (unpaired) electrons. The van der Waals surface area contributed by atoms with Gasteiger partial charge in [-0.3, -0.25) is 0 Å². The summed E-state index contributed by atoms with van der Waals surface area (Å²) in [5.74, 6) is 0.832. The summed E-state index contributed by atoms with van der Waals surface area (Å²) in [4.78, 5) is 4.29. The van der Waals surface area contributed by atoms with E-state index in [1.165, 1.54) is 11.5 Å². The topological polar surface area (TPSA) is 30.7 Å². The lowest BCUT2D eigenvalue weighted by atomic mass is 10.3. The molecule has 3 nitrogen and oxygen atoms in total. The molecular weight excluding hydrogens is 170 g/mol. The molecule has 2 aromatic rings. The second-order valence-corrected chi connectivity index (χ2v) is 3.66. The minimum atomic E-state index is 0.832. The van der Waals surface area contributed by atoms with Crippen molar-refractivity contribution in [2.45, 2.75) is 6.92 Å². The lowest BCUT2D eigenvalue weighted by Crippen LogP contribution is -1.80. The monoisotopic (exact) mass is 179 g/mol. The molecule has 12 heavy (non-hydrogen) atoms. The summed E-state index contributed by atoms with van der Waals surface area (Å²) in [5, 5.41) is 1.01. The minimum absolute atomic E-state index is 0.832. The molecule has 0 spiro atoms. The summed E-state index contributed by atoms with van der Waals surface area (Å²) in [6.07, 6.45) is 4.01. The van der Waals surface area contributed by atoms with Crippen LogP contribution in [0.2, 0.25) is 0 Å². The van der Waals surface area contributed by atoms with Crippen molar-refractivity contribution in [3.63, 3.8) is 0 Å². The number of nitrogens with zero attached hydrogens (tertiary/aromatic N) is 3. The quantitative estimate of drug-likeness (QED) is 0.669. The van der Waals surface area contributed by atoms with Gasteiger partial charge < -0.3 is 4.57 Å². The van der Waals surface area contributed by atoms with Crippen molar-refractivity contribution in [3.05, 3.63) is 23.5 Å². The van der Waals surface area contributed by atoms with Gasteiger partial charge in [0.2, 0.25) is 0 Å². The van der Waals surface area contributed by atoms with E-state index in [1.807, 2.05) is 37.0 Å². The highest BCUT2D eigenvalue weighted by Gasteiger charge is 2.03. The first-order chi connectivity index (χ1) is 5.75. The van der Waals surface area contributed by atoms with Crippen LogP contribution in [0.5, 0.6) is 0 Å². The van der Waals surface area contributed by atoms with Gasteiger partial charge in [0.1, 0.15) is 5.01 Å². The van der Waals surface area contributed by atoms with Crippen LogP contribution >= 0.6 is 11.5 Å². The Balaban J connectivity index is 2.43. The molecule has 4 heteroatoms. The smallest absolute Gasteiger partial charge is 0.174 e. The van der Waals surface area contributed by atoms with Crippen LogP contribution in [0.15, 0.2) is 18.5 Å². The second-order valence-electron chi connectivity index (χ2n) is 2.70. The number of rotatable bonds is 1. The van der Waals surface area contributed by atoms with Crippen LogP contribution in [0.1, 0.15) is 5.01 Å². The average Bonchev–Trinajstić information content (AvgIpc) is 2.58. The van der Waals surface area contributed by atoms with Gasteiger partial charge in [0.15, 0.2) is 5.82 Å². The Kier molecular flexibility index (Phi) is 1.69. The molecular formula is C8H9N3S. The fourth-order valence-corrected chi connectivity index (χ4v) is 1.54. The van der Waals surface area contributed by atoms with Gasteiger partial charge >= 0.3 is 0 Å². The summed E-state index contributed by atoms with van der Waals surface area (Å²) >= 11 is 1.44. The van der Waals surface area contributed by atoms with E-state index in [0.717, 1.165) is 16.4 Å². The largest absolute Gasteiger partial charge is 0.357 e. The van der Waals surface area contributed by atoms with Gasteiger partial charge in [-0.15, -0.1) is 0 Å². The van der Waals surface area contributed by atoms with Crippen molar-refractivity contribution in [2.75, 3.05) is 0 Å². The van der Waals surface area contributed by atoms with Gasteiger partial charge in [-0.25, -0.2) is 4.98 Å². The molecule has 0 bridgehead atoms. The Morgan fingerprint density at radius 3 is 2.83 bits per heavy atom. The van der Waals surface area contributed by atoms with E-state index in [0.29, 0.717) is 0 Å². The van der Waals surface area contributed by atoms with E-state index in [1.54, 1.807) is 0 Å². The number of hydrogen-bond donors (Lipinski definition) is 0. The van der Waals surface area contributed by atoms with Gasteiger partial charge in [0.05, 0.1) is 0 Å². The fraction of sp³-hybridized carbons (Fsp3) is 0.250. The van der Waals surface area contributed by atoms with Crippen LogP contribution in [-0.2, 0) is 7.05 Å². The van der Waals surface area contributed by atoms with Crippen LogP contribution in [0.25, 0.3) is 11.4 Å². The molecule has 0 aromatic carbocycles. The zero-order valence-electron chi connectivity index (χ0n) is 6.98. The molecule has 0 atom stereocenters. The maximum Gasteiger partial charge on any atom is 0.174 e. The van der Waals surface area contributed by atoms with Crippen LogP contribution in [0.3, 0.4) is 0 Å².